The fourth-order valence-corrected chi connectivity index (χ4v) is 10.4. The highest BCUT2D eigenvalue weighted by atomic mass is 35.5. The highest BCUT2D eigenvalue weighted by molar-refractivity contribution is 6.42. The van der Waals surface area contributed by atoms with Crippen molar-refractivity contribution in [2.45, 2.75) is 27.7 Å². The van der Waals surface area contributed by atoms with Crippen LogP contribution in [0.2, 0.25) is 20.1 Å². The van der Waals surface area contributed by atoms with Crippen molar-refractivity contribution in [2.75, 3.05) is 36.0 Å². The van der Waals surface area contributed by atoms with Gasteiger partial charge in [0.15, 0.2) is 0 Å². The van der Waals surface area contributed by atoms with Crippen molar-refractivity contribution in [1.82, 2.24) is 30.6 Å². The van der Waals surface area contributed by atoms with Crippen LogP contribution in [0.4, 0.5) is 32.3 Å². The molecule has 0 saturated carbocycles. The fraction of sp³-hybridized carbons (Fsp3) is 0.0882. The van der Waals surface area contributed by atoms with E-state index >= 15 is 0 Å². The Morgan fingerprint density at radius 1 is 0.432 bits per heavy atom. The van der Waals surface area contributed by atoms with Gasteiger partial charge >= 0.3 is 12.1 Å². The van der Waals surface area contributed by atoms with Crippen LogP contribution < -0.4 is 42.7 Å². The van der Waals surface area contributed by atoms with E-state index in [4.69, 9.17) is 88.1 Å². The number of fused-ring (bicyclic) bond motifs is 4. The first-order chi connectivity index (χ1) is 44.1. The van der Waals surface area contributed by atoms with Crippen molar-refractivity contribution in [3.05, 3.63) is 224 Å². The minimum atomic E-state index is -0.558. The molecule has 23 nitrogen and oxygen atoms in total. The molecule has 0 bridgehead atoms. The smallest absolute Gasteiger partial charge is 0.344 e. The number of hydrogen-bond acceptors (Lipinski definition) is 14. The van der Waals surface area contributed by atoms with Crippen LogP contribution in [0.15, 0.2) is 189 Å². The minimum Gasteiger partial charge on any atom is -0.455 e. The number of carbonyl (C=O) groups excluding carboxylic acids is 4. The number of urea groups is 2. The summed E-state index contributed by atoms with van der Waals surface area (Å²) < 4.78 is 15.5. The van der Waals surface area contributed by atoms with Gasteiger partial charge in [0, 0.05) is 82.4 Å². The summed E-state index contributed by atoms with van der Waals surface area (Å²) in [6.45, 7) is 7.80. The molecule has 2 saturated heterocycles. The molecule has 8 aromatic carbocycles. The van der Waals surface area contributed by atoms with Gasteiger partial charge in [0.2, 0.25) is 45.3 Å². The van der Waals surface area contributed by atoms with E-state index in [0.29, 0.717) is 43.1 Å². The number of nitrogens with two attached hydrogens (primary N) is 4. The zero-order chi connectivity index (χ0) is 65.1. The number of amides is 6. The van der Waals surface area contributed by atoms with Crippen molar-refractivity contribution >= 4 is 150 Å². The summed E-state index contributed by atoms with van der Waals surface area (Å²) in [7, 11) is 0. The number of benzene rings is 8. The number of nitrogens with zero attached hydrogens (tertiary/aromatic N) is 8. The summed E-state index contributed by atoms with van der Waals surface area (Å²) in [5, 5.41) is 15.9. The fourth-order valence-electron chi connectivity index (χ4n) is 9.85. The lowest BCUT2D eigenvalue weighted by Gasteiger charge is -2.09. The average Bonchev–Trinajstić information content (AvgIpc) is 1.41. The van der Waals surface area contributed by atoms with Gasteiger partial charge in [-0.3, -0.25) is 20.2 Å². The summed E-state index contributed by atoms with van der Waals surface area (Å²) >= 11 is 23.7. The van der Waals surface area contributed by atoms with Gasteiger partial charge in [-0.1, -0.05) is 82.8 Å². The Bertz CT molecular complexity index is 4550. The van der Waals surface area contributed by atoms with Gasteiger partial charge in [0.05, 0.1) is 32.5 Å². The standard InChI is InChI=1S/2C20H18N4.2C14H9Cl2N3O3.3H2O/c2*1-12-8-17-19(10-15(12)21)24(14-6-4-3-5-7-14)20-11-16(22)13(2)9-18(20)23-17;2*15-10-3-1-8(5-11(10)16)12-4-2-9(22-12)6-17-19-7-13(20)18-14(19)21;;;/h2*3-11H,1-2H3,(H3,21,22);2*1-6H,7H2,(H,18,20,21);3*1H2/p+2. The van der Waals surface area contributed by atoms with E-state index in [9.17, 15) is 19.2 Å². The monoisotopic (exact) mass is 1360 g/mol. The number of para-hydroxylation sites is 2. The number of carbonyl (C=O) groups is 4. The Balaban J connectivity index is 0.000000161. The first kappa shape index (κ1) is 69.9. The van der Waals surface area contributed by atoms with Crippen molar-refractivity contribution in [2.24, 2.45) is 10.2 Å². The molecule has 2 aliphatic heterocycles. The highest BCUT2D eigenvalue weighted by Gasteiger charge is 2.28. The van der Waals surface area contributed by atoms with E-state index < -0.39 is 23.9 Å². The molecular formula is C68H62Cl4N14O9+2. The van der Waals surface area contributed by atoms with Gasteiger partial charge in [-0.05, 0) is 135 Å². The second-order valence-electron chi connectivity index (χ2n) is 21.3. The summed E-state index contributed by atoms with van der Waals surface area (Å²) in [5.74, 6) is 1.27. The van der Waals surface area contributed by atoms with Gasteiger partial charge in [-0.2, -0.15) is 10.2 Å². The first-order valence-corrected chi connectivity index (χ1v) is 29.8. The predicted octanol–water partition coefficient (Wildman–Crippen LogP) is 10.7. The van der Waals surface area contributed by atoms with Crippen LogP contribution in [-0.4, -0.2) is 85.8 Å². The molecule has 6 amide bonds. The van der Waals surface area contributed by atoms with Gasteiger partial charge in [0.25, 0.3) is 0 Å². The minimum absolute atomic E-state index is 0. The van der Waals surface area contributed by atoms with Crippen molar-refractivity contribution in [3.8, 4) is 34.0 Å². The molecule has 95 heavy (non-hydrogen) atoms. The second kappa shape index (κ2) is 29.7. The maximum absolute atomic E-state index is 11.3. The van der Waals surface area contributed by atoms with Crippen molar-refractivity contribution < 1.29 is 53.6 Å². The van der Waals surface area contributed by atoms with Crippen LogP contribution >= 0.6 is 46.4 Å². The summed E-state index contributed by atoms with van der Waals surface area (Å²) in [5.41, 5.74) is 43.0. The van der Waals surface area contributed by atoms with E-state index in [1.54, 1.807) is 60.7 Å². The van der Waals surface area contributed by atoms with Crippen LogP contribution in [0, 0.1) is 27.7 Å². The molecule has 0 unspecified atom stereocenters. The molecular weight excluding hydrogens is 1300 g/mol. The Kier molecular flexibility index (Phi) is 21.9. The van der Waals surface area contributed by atoms with E-state index in [2.05, 4.69) is 54.2 Å². The Hall–Kier alpha value is -11.0. The zero-order valence-electron chi connectivity index (χ0n) is 51.1. The molecule has 2 aliphatic rings. The Labute approximate surface area is 562 Å². The predicted molar refractivity (Wildman–Crippen MR) is 373 cm³/mol. The molecule has 27 heteroatoms. The quantitative estimate of drug-likeness (QED) is 0.0272. The van der Waals surface area contributed by atoms with E-state index in [1.165, 1.54) is 12.4 Å². The number of halogens is 4. The number of anilines is 4. The molecule has 0 aliphatic carbocycles. The van der Waals surface area contributed by atoms with E-state index in [-0.39, 0.29) is 29.5 Å². The maximum Gasteiger partial charge on any atom is 0.344 e. The number of furan rings is 2. The van der Waals surface area contributed by atoms with Gasteiger partial charge in [0.1, 0.15) is 58.2 Å². The number of nitrogen functional groups attached to an aromatic ring is 4. The van der Waals surface area contributed by atoms with Crippen LogP contribution in [0.5, 0.6) is 0 Å². The van der Waals surface area contributed by atoms with Crippen molar-refractivity contribution in [3.63, 3.8) is 0 Å². The largest absolute Gasteiger partial charge is 0.455 e. The average molecular weight is 1360 g/mol. The molecule has 0 atom stereocenters. The van der Waals surface area contributed by atoms with E-state index in [0.717, 1.165) is 122 Å². The third-order valence-electron chi connectivity index (χ3n) is 14.8. The van der Waals surface area contributed by atoms with Crippen LogP contribution in [0.25, 0.3) is 78.2 Å². The molecule has 0 spiro atoms. The number of aromatic nitrogens is 4. The number of imide groups is 2. The number of aryl methyl sites for hydroxylation is 4. The molecule has 16 N–H and O–H groups in total. The lowest BCUT2D eigenvalue weighted by Crippen LogP contribution is -2.33. The Morgan fingerprint density at radius 3 is 1.03 bits per heavy atom. The Morgan fingerprint density at radius 2 is 0.747 bits per heavy atom. The maximum atomic E-state index is 11.3. The third kappa shape index (κ3) is 15.6. The lowest BCUT2D eigenvalue weighted by molar-refractivity contribution is -0.538. The van der Waals surface area contributed by atoms with Crippen LogP contribution in [-0.2, 0) is 9.59 Å². The third-order valence-corrected chi connectivity index (χ3v) is 16.3. The summed E-state index contributed by atoms with van der Waals surface area (Å²) in [6, 6.07) is 52.5. The van der Waals surface area contributed by atoms with Crippen molar-refractivity contribution in [1.29, 1.82) is 0 Å². The van der Waals surface area contributed by atoms with Gasteiger partial charge in [-0.15, -0.1) is 9.13 Å². The first-order valence-electron chi connectivity index (χ1n) is 28.3. The van der Waals surface area contributed by atoms with Crippen LogP contribution in [0.3, 0.4) is 0 Å². The molecule has 14 rings (SSSR count). The second-order valence-corrected chi connectivity index (χ2v) is 23.0. The van der Waals surface area contributed by atoms with Crippen LogP contribution in [0.1, 0.15) is 33.8 Å². The highest BCUT2D eigenvalue weighted by Crippen LogP contribution is 2.32. The molecule has 2 fully saturated rings. The summed E-state index contributed by atoms with van der Waals surface area (Å²) in [6.07, 6.45) is 2.72. The topological polar surface area (TPSA) is 382 Å². The molecule has 0 radical (unpaired) electrons. The number of hydrazone groups is 2. The molecule has 484 valence electrons. The number of nitrogens with one attached hydrogen (secondary N) is 2. The number of hydrogen-bond donors (Lipinski definition) is 6. The number of rotatable bonds is 8. The SMILES string of the molecule is Cc1cc2nc3cc(C)c(N)cc3[n+](-c3ccccc3)c2cc1N.Cc1cc2nc3cc(C)c(N)cc3[n+](-c3ccccc3)c2cc1N.O.O.O.O=C1CN(N=Cc2ccc(-c3ccc(Cl)c(Cl)c3)o2)C(=O)N1.O=C1CN(N=Cc2ccc(-c3ccc(Cl)c(Cl)c3)o2)C(=O)N1. The molecule has 6 heterocycles. The van der Waals surface area contributed by atoms with E-state index in [1.807, 2.05) is 113 Å². The van der Waals surface area contributed by atoms with Gasteiger partial charge < -0.3 is 48.2 Å². The van der Waals surface area contributed by atoms with Gasteiger partial charge in [-0.25, -0.2) is 29.6 Å². The summed E-state index contributed by atoms with van der Waals surface area (Å²) in [4.78, 5) is 54.4. The zero-order valence-corrected chi connectivity index (χ0v) is 54.1. The molecule has 12 aromatic rings. The normalized spacial score (nSPS) is 12.6. The molecule has 4 aromatic heterocycles. The lowest BCUT2D eigenvalue weighted by atomic mass is 10.1.